The highest BCUT2D eigenvalue weighted by molar-refractivity contribution is 4.95. The molecule has 0 heterocycles. The Morgan fingerprint density at radius 1 is 1.23 bits per heavy atom. The van der Waals surface area contributed by atoms with Gasteiger partial charge in [-0.05, 0) is 18.8 Å². The molecule has 0 aliphatic carbocycles. The summed E-state index contributed by atoms with van der Waals surface area (Å²) in [5, 5.41) is 19.2. The first-order valence-electron chi connectivity index (χ1n) is 4.65. The van der Waals surface area contributed by atoms with E-state index in [1.807, 2.05) is 20.8 Å². The average molecular weight is 184 g/mol. The molecular weight excluding hydrogens is 164 g/mol. The molecule has 0 amide bonds. The topological polar surface area (TPSA) is 40.5 Å². The lowest BCUT2D eigenvalue weighted by atomic mass is 9.84. The molecule has 0 saturated heterocycles. The summed E-state index contributed by atoms with van der Waals surface area (Å²) in [6.07, 6.45) is -0.156. The standard InChI is InChI=1S/C11H20O2/c1-5-6-7-8-9(12)10(13)11(2,3)4/h9-10,12-13H,7-8H2,1-4H3. The molecule has 0 bridgehead atoms. The number of aliphatic hydroxyl groups excluding tert-OH is 2. The van der Waals surface area contributed by atoms with E-state index in [0.717, 1.165) is 0 Å². The van der Waals surface area contributed by atoms with Gasteiger partial charge in [0, 0.05) is 6.42 Å². The molecule has 2 unspecified atom stereocenters. The van der Waals surface area contributed by atoms with Crippen molar-refractivity contribution in [2.75, 3.05) is 0 Å². The van der Waals surface area contributed by atoms with Crippen molar-refractivity contribution >= 4 is 0 Å². The molecule has 0 aromatic rings. The fourth-order valence-electron chi connectivity index (χ4n) is 1.08. The van der Waals surface area contributed by atoms with Gasteiger partial charge in [-0.25, -0.2) is 0 Å². The van der Waals surface area contributed by atoms with Gasteiger partial charge in [0.2, 0.25) is 0 Å². The fraction of sp³-hybridized carbons (Fsp3) is 0.818. The van der Waals surface area contributed by atoms with Crippen LogP contribution in [0.4, 0.5) is 0 Å². The quantitative estimate of drug-likeness (QED) is 0.653. The summed E-state index contributed by atoms with van der Waals surface area (Å²) >= 11 is 0. The van der Waals surface area contributed by atoms with Crippen LogP contribution in [0, 0.1) is 17.3 Å². The minimum Gasteiger partial charge on any atom is -0.390 e. The summed E-state index contributed by atoms with van der Waals surface area (Å²) < 4.78 is 0. The fourth-order valence-corrected chi connectivity index (χ4v) is 1.08. The molecule has 2 nitrogen and oxygen atoms in total. The third-order valence-electron chi connectivity index (χ3n) is 1.99. The average Bonchev–Trinajstić information content (AvgIpc) is 2.01. The Labute approximate surface area is 81.0 Å². The SMILES string of the molecule is CC#CCCC(O)C(O)C(C)(C)C. The first-order chi connectivity index (χ1) is 5.89. The van der Waals surface area contributed by atoms with E-state index in [2.05, 4.69) is 11.8 Å². The van der Waals surface area contributed by atoms with Gasteiger partial charge in [-0.1, -0.05) is 20.8 Å². The Kier molecular flexibility index (Phi) is 5.05. The van der Waals surface area contributed by atoms with Crippen molar-refractivity contribution in [3.63, 3.8) is 0 Å². The third-order valence-corrected chi connectivity index (χ3v) is 1.99. The lowest BCUT2D eigenvalue weighted by molar-refractivity contribution is -0.0465. The van der Waals surface area contributed by atoms with Crippen molar-refractivity contribution in [2.45, 2.75) is 52.7 Å². The monoisotopic (exact) mass is 184 g/mol. The maximum absolute atomic E-state index is 9.66. The van der Waals surface area contributed by atoms with Gasteiger partial charge in [-0.15, -0.1) is 11.8 Å². The van der Waals surface area contributed by atoms with E-state index >= 15 is 0 Å². The first kappa shape index (κ1) is 12.5. The van der Waals surface area contributed by atoms with Crippen molar-refractivity contribution in [2.24, 2.45) is 5.41 Å². The van der Waals surface area contributed by atoms with E-state index in [0.29, 0.717) is 12.8 Å². The van der Waals surface area contributed by atoms with Gasteiger partial charge in [-0.3, -0.25) is 0 Å². The van der Waals surface area contributed by atoms with Crippen LogP contribution < -0.4 is 0 Å². The molecule has 2 atom stereocenters. The van der Waals surface area contributed by atoms with Crippen LogP contribution in [-0.2, 0) is 0 Å². The zero-order valence-electron chi connectivity index (χ0n) is 8.96. The van der Waals surface area contributed by atoms with E-state index < -0.39 is 12.2 Å². The molecular formula is C11H20O2. The molecule has 0 aliphatic rings. The smallest absolute Gasteiger partial charge is 0.0847 e. The molecule has 0 spiro atoms. The molecule has 0 aromatic carbocycles. The molecule has 0 aliphatic heterocycles. The highest BCUT2D eigenvalue weighted by Crippen LogP contribution is 2.23. The van der Waals surface area contributed by atoms with Gasteiger partial charge >= 0.3 is 0 Å². The van der Waals surface area contributed by atoms with Crippen LogP contribution in [0.2, 0.25) is 0 Å². The minimum atomic E-state index is -0.675. The van der Waals surface area contributed by atoms with Gasteiger partial charge in [0.15, 0.2) is 0 Å². The Morgan fingerprint density at radius 3 is 2.15 bits per heavy atom. The Morgan fingerprint density at radius 2 is 1.77 bits per heavy atom. The lowest BCUT2D eigenvalue weighted by Crippen LogP contribution is -2.37. The summed E-state index contributed by atoms with van der Waals surface area (Å²) in [5.41, 5.74) is -0.265. The first-order valence-corrected chi connectivity index (χ1v) is 4.65. The predicted octanol–water partition coefficient (Wildman–Crippen LogP) is 1.56. The Balaban J connectivity index is 3.94. The zero-order valence-corrected chi connectivity index (χ0v) is 8.96. The normalized spacial score (nSPS) is 15.8. The maximum atomic E-state index is 9.66. The van der Waals surface area contributed by atoms with Crippen LogP contribution in [-0.4, -0.2) is 22.4 Å². The second kappa shape index (κ2) is 5.26. The van der Waals surface area contributed by atoms with Crippen molar-refractivity contribution in [1.82, 2.24) is 0 Å². The minimum absolute atomic E-state index is 0.265. The third kappa shape index (κ3) is 4.92. The molecule has 2 heteroatoms. The van der Waals surface area contributed by atoms with Gasteiger partial charge in [-0.2, -0.15) is 0 Å². The van der Waals surface area contributed by atoms with E-state index in [1.54, 1.807) is 6.92 Å². The van der Waals surface area contributed by atoms with Crippen LogP contribution in [0.25, 0.3) is 0 Å². The second-order valence-corrected chi connectivity index (χ2v) is 4.34. The van der Waals surface area contributed by atoms with Crippen molar-refractivity contribution in [3.8, 4) is 11.8 Å². The summed E-state index contributed by atoms with van der Waals surface area (Å²) in [6, 6.07) is 0. The molecule has 0 rings (SSSR count). The van der Waals surface area contributed by atoms with Crippen LogP contribution in [0.5, 0.6) is 0 Å². The molecule has 13 heavy (non-hydrogen) atoms. The summed E-state index contributed by atoms with van der Waals surface area (Å²) in [7, 11) is 0. The van der Waals surface area contributed by atoms with E-state index in [4.69, 9.17) is 0 Å². The number of hydrogen-bond donors (Lipinski definition) is 2. The molecule has 0 saturated carbocycles. The largest absolute Gasteiger partial charge is 0.390 e. The van der Waals surface area contributed by atoms with Gasteiger partial charge in [0.05, 0.1) is 12.2 Å². The van der Waals surface area contributed by atoms with Crippen LogP contribution >= 0.6 is 0 Å². The number of hydrogen-bond acceptors (Lipinski definition) is 2. The molecule has 0 fully saturated rings. The lowest BCUT2D eigenvalue weighted by Gasteiger charge is -2.29. The number of rotatable bonds is 3. The highest BCUT2D eigenvalue weighted by atomic mass is 16.3. The van der Waals surface area contributed by atoms with Gasteiger partial charge in [0.1, 0.15) is 0 Å². The van der Waals surface area contributed by atoms with Crippen molar-refractivity contribution in [3.05, 3.63) is 0 Å². The van der Waals surface area contributed by atoms with Crippen molar-refractivity contribution in [1.29, 1.82) is 0 Å². The molecule has 76 valence electrons. The van der Waals surface area contributed by atoms with Crippen LogP contribution in [0.3, 0.4) is 0 Å². The Bertz CT molecular complexity index is 192. The maximum Gasteiger partial charge on any atom is 0.0847 e. The molecule has 0 radical (unpaired) electrons. The summed E-state index contributed by atoms with van der Waals surface area (Å²) in [5.74, 6) is 5.62. The Hall–Kier alpha value is -0.520. The van der Waals surface area contributed by atoms with E-state index in [9.17, 15) is 10.2 Å². The van der Waals surface area contributed by atoms with Gasteiger partial charge in [0.25, 0.3) is 0 Å². The molecule has 2 N–H and O–H groups in total. The van der Waals surface area contributed by atoms with Gasteiger partial charge < -0.3 is 10.2 Å². The predicted molar refractivity (Wildman–Crippen MR) is 54.2 cm³/mol. The summed E-state index contributed by atoms with van der Waals surface area (Å²) in [6.45, 7) is 7.50. The molecule has 0 aromatic heterocycles. The van der Waals surface area contributed by atoms with Crippen LogP contribution in [0.15, 0.2) is 0 Å². The zero-order chi connectivity index (χ0) is 10.5. The van der Waals surface area contributed by atoms with Crippen molar-refractivity contribution < 1.29 is 10.2 Å². The second-order valence-electron chi connectivity index (χ2n) is 4.34. The van der Waals surface area contributed by atoms with E-state index in [-0.39, 0.29) is 5.41 Å². The number of aliphatic hydroxyl groups is 2. The summed E-state index contributed by atoms with van der Waals surface area (Å²) in [4.78, 5) is 0. The van der Waals surface area contributed by atoms with Crippen LogP contribution in [0.1, 0.15) is 40.5 Å². The highest BCUT2D eigenvalue weighted by Gasteiger charge is 2.28. The van der Waals surface area contributed by atoms with E-state index in [1.165, 1.54) is 0 Å².